The zero-order chi connectivity index (χ0) is 10.6. The lowest BCUT2D eigenvalue weighted by Crippen LogP contribution is -2.39. The summed E-state index contributed by atoms with van der Waals surface area (Å²) in [4.78, 5) is 24.1. The lowest BCUT2D eigenvalue weighted by Gasteiger charge is -2.19. The highest BCUT2D eigenvalue weighted by molar-refractivity contribution is 5.87. The molecule has 1 aliphatic rings. The highest BCUT2D eigenvalue weighted by atomic mass is 16.2. The Hall–Kier alpha value is -1.57. The maximum absolute atomic E-state index is 11.6. The third-order valence-electron chi connectivity index (χ3n) is 2.14. The van der Waals surface area contributed by atoms with Crippen molar-refractivity contribution >= 4 is 11.8 Å². The Kier molecular flexibility index (Phi) is 3.46. The van der Waals surface area contributed by atoms with Crippen molar-refractivity contribution in [1.29, 1.82) is 5.26 Å². The Balaban J connectivity index is 2.62. The summed E-state index contributed by atoms with van der Waals surface area (Å²) in [6.45, 7) is 2.77. The molecular formula is C9H13N3O2. The SMILES string of the molecule is CC(C#N)C(=O)N1CCCNC(=O)C1. The molecule has 0 aromatic carbocycles. The van der Waals surface area contributed by atoms with Crippen LogP contribution >= 0.6 is 0 Å². The molecule has 1 fully saturated rings. The van der Waals surface area contributed by atoms with Crippen LogP contribution in [-0.2, 0) is 9.59 Å². The molecular weight excluding hydrogens is 182 g/mol. The van der Waals surface area contributed by atoms with Gasteiger partial charge in [0.2, 0.25) is 11.8 Å². The molecule has 0 aromatic rings. The Labute approximate surface area is 82.7 Å². The van der Waals surface area contributed by atoms with Gasteiger partial charge < -0.3 is 10.2 Å². The van der Waals surface area contributed by atoms with Crippen molar-refractivity contribution in [3.8, 4) is 6.07 Å². The molecule has 0 aliphatic carbocycles. The highest BCUT2D eigenvalue weighted by Crippen LogP contribution is 2.04. The van der Waals surface area contributed by atoms with Crippen molar-refractivity contribution in [2.75, 3.05) is 19.6 Å². The molecule has 1 aliphatic heterocycles. The molecule has 0 bridgehead atoms. The number of nitrogens with zero attached hydrogens (tertiary/aromatic N) is 2. The topological polar surface area (TPSA) is 73.2 Å². The molecule has 76 valence electrons. The van der Waals surface area contributed by atoms with Crippen molar-refractivity contribution in [2.24, 2.45) is 5.92 Å². The number of hydrogen-bond donors (Lipinski definition) is 1. The van der Waals surface area contributed by atoms with E-state index in [1.165, 1.54) is 4.90 Å². The van der Waals surface area contributed by atoms with Gasteiger partial charge in [-0.15, -0.1) is 0 Å². The summed E-state index contributed by atoms with van der Waals surface area (Å²) in [5.41, 5.74) is 0. The zero-order valence-electron chi connectivity index (χ0n) is 8.12. The summed E-state index contributed by atoms with van der Waals surface area (Å²) in [6, 6.07) is 1.87. The van der Waals surface area contributed by atoms with Crippen LogP contribution in [0.2, 0.25) is 0 Å². The van der Waals surface area contributed by atoms with Gasteiger partial charge >= 0.3 is 0 Å². The van der Waals surface area contributed by atoms with Crippen LogP contribution in [0.3, 0.4) is 0 Å². The Morgan fingerprint density at radius 1 is 1.71 bits per heavy atom. The fourth-order valence-electron chi connectivity index (χ4n) is 1.32. The van der Waals surface area contributed by atoms with Gasteiger partial charge in [-0.1, -0.05) is 0 Å². The Morgan fingerprint density at radius 2 is 2.43 bits per heavy atom. The van der Waals surface area contributed by atoms with Gasteiger partial charge in [0.15, 0.2) is 0 Å². The third kappa shape index (κ3) is 2.46. The molecule has 14 heavy (non-hydrogen) atoms. The van der Waals surface area contributed by atoms with Crippen LogP contribution in [0.25, 0.3) is 0 Å². The van der Waals surface area contributed by atoms with Crippen LogP contribution < -0.4 is 5.32 Å². The lowest BCUT2D eigenvalue weighted by atomic mass is 10.2. The smallest absolute Gasteiger partial charge is 0.240 e. The second kappa shape index (κ2) is 4.61. The standard InChI is InChI=1S/C9H13N3O2/c1-7(5-10)9(14)12-4-2-3-11-8(13)6-12/h7H,2-4,6H2,1H3,(H,11,13). The fourth-order valence-corrected chi connectivity index (χ4v) is 1.32. The van der Waals surface area contributed by atoms with Gasteiger partial charge in [-0.05, 0) is 13.3 Å². The van der Waals surface area contributed by atoms with Crippen molar-refractivity contribution in [1.82, 2.24) is 10.2 Å². The Morgan fingerprint density at radius 3 is 3.07 bits per heavy atom. The van der Waals surface area contributed by atoms with E-state index in [-0.39, 0.29) is 18.4 Å². The number of amides is 2. The maximum Gasteiger partial charge on any atom is 0.240 e. The van der Waals surface area contributed by atoms with Gasteiger partial charge in [-0.25, -0.2) is 0 Å². The highest BCUT2D eigenvalue weighted by Gasteiger charge is 2.23. The normalized spacial score (nSPS) is 19.1. The van der Waals surface area contributed by atoms with Gasteiger partial charge in [0.1, 0.15) is 5.92 Å². The second-order valence-corrected chi connectivity index (χ2v) is 3.31. The lowest BCUT2D eigenvalue weighted by molar-refractivity contribution is -0.136. The minimum absolute atomic E-state index is 0.0743. The van der Waals surface area contributed by atoms with Crippen LogP contribution in [0.15, 0.2) is 0 Å². The van der Waals surface area contributed by atoms with E-state index < -0.39 is 5.92 Å². The molecule has 1 atom stereocenters. The average Bonchev–Trinajstić information content (AvgIpc) is 2.40. The molecule has 5 heteroatoms. The van der Waals surface area contributed by atoms with E-state index in [9.17, 15) is 9.59 Å². The fraction of sp³-hybridized carbons (Fsp3) is 0.667. The van der Waals surface area contributed by atoms with Gasteiger partial charge in [-0.2, -0.15) is 5.26 Å². The molecule has 0 spiro atoms. The van der Waals surface area contributed by atoms with E-state index >= 15 is 0 Å². The van der Waals surface area contributed by atoms with Crippen LogP contribution in [-0.4, -0.2) is 36.3 Å². The van der Waals surface area contributed by atoms with E-state index in [0.29, 0.717) is 13.1 Å². The van der Waals surface area contributed by atoms with Gasteiger partial charge in [-0.3, -0.25) is 9.59 Å². The zero-order valence-corrected chi connectivity index (χ0v) is 8.12. The van der Waals surface area contributed by atoms with Crippen LogP contribution in [0.5, 0.6) is 0 Å². The second-order valence-electron chi connectivity index (χ2n) is 3.31. The van der Waals surface area contributed by atoms with Crippen molar-refractivity contribution in [2.45, 2.75) is 13.3 Å². The summed E-state index contributed by atoms with van der Waals surface area (Å²) in [5.74, 6) is -1.08. The van der Waals surface area contributed by atoms with Gasteiger partial charge in [0.25, 0.3) is 0 Å². The number of hydrogen-bond acceptors (Lipinski definition) is 3. The van der Waals surface area contributed by atoms with Gasteiger partial charge in [0, 0.05) is 13.1 Å². The van der Waals surface area contributed by atoms with E-state index in [4.69, 9.17) is 5.26 Å². The molecule has 1 rings (SSSR count). The minimum atomic E-state index is -0.666. The minimum Gasteiger partial charge on any atom is -0.354 e. The molecule has 5 nitrogen and oxygen atoms in total. The first-order valence-electron chi connectivity index (χ1n) is 4.60. The molecule has 0 saturated carbocycles. The number of carbonyl (C=O) groups excluding carboxylic acids is 2. The van der Waals surface area contributed by atoms with Crippen LogP contribution in [0, 0.1) is 17.2 Å². The van der Waals surface area contributed by atoms with E-state index in [1.54, 1.807) is 6.92 Å². The third-order valence-corrected chi connectivity index (χ3v) is 2.14. The largest absolute Gasteiger partial charge is 0.354 e. The van der Waals surface area contributed by atoms with E-state index in [0.717, 1.165) is 6.42 Å². The predicted octanol–water partition coefficient (Wildman–Crippen LogP) is -0.505. The predicted molar refractivity (Wildman–Crippen MR) is 49.0 cm³/mol. The number of rotatable bonds is 1. The average molecular weight is 195 g/mol. The molecule has 1 heterocycles. The molecule has 1 saturated heterocycles. The summed E-state index contributed by atoms with van der Waals surface area (Å²) < 4.78 is 0. The summed E-state index contributed by atoms with van der Waals surface area (Å²) in [6.07, 6.45) is 0.746. The molecule has 1 N–H and O–H groups in total. The summed E-state index contributed by atoms with van der Waals surface area (Å²) >= 11 is 0. The first-order chi connectivity index (χ1) is 6.65. The van der Waals surface area contributed by atoms with Crippen molar-refractivity contribution < 1.29 is 9.59 Å². The van der Waals surface area contributed by atoms with E-state index in [2.05, 4.69) is 5.32 Å². The Bertz CT molecular complexity index is 282. The van der Waals surface area contributed by atoms with Gasteiger partial charge in [0.05, 0.1) is 12.6 Å². The van der Waals surface area contributed by atoms with E-state index in [1.807, 2.05) is 6.07 Å². The number of nitrogens with one attached hydrogen (secondary N) is 1. The summed E-state index contributed by atoms with van der Waals surface area (Å²) in [7, 11) is 0. The molecule has 2 amide bonds. The number of carbonyl (C=O) groups is 2. The first kappa shape index (κ1) is 10.5. The maximum atomic E-state index is 11.6. The van der Waals surface area contributed by atoms with Crippen LogP contribution in [0.4, 0.5) is 0 Å². The monoisotopic (exact) mass is 195 g/mol. The quantitative estimate of drug-likeness (QED) is 0.612. The molecule has 1 unspecified atom stereocenters. The van der Waals surface area contributed by atoms with Crippen molar-refractivity contribution in [3.05, 3.63) is 0 Å². The molecule has 0 aromatic heterocycles. The number of nitriles is 1. The van der Waals surface area contributed by atoms with Crippen molar-refractivity contribution in [3.63, 3.8) is 0 Å². The van der Waals surface area contributed by atoms with Crippen LogP contribution in [0.1, 0.15) is 13.3 Å². The molecule has 0 radical (unpaired) electrons. The first-order valence-corrected chi connectivity index (χ1v) is 4.60. The summed E-state index contributed by atoms with van der Waals surface area (Å²) in [5, 5.41) is 11.2.